The minimum Gasteiger partial charge on any atom is -0.494 e. The van der Waals surface area contributed by atoms with Crippen molar-refractivity contribution in [2.45, 2.75) is 25.9 Å². The number of hydrogen-bond acceptors (Lipinski definition) is 4. The van der Waals surface area contributed by atoms with Crippen molar-refractivity contribution < 1.29 is 9.53 Å². The molecular formula is C20H22N4O2. The molecule has 134 valence electrons. The normalized spacial score (nSPS) is 11.7. The van der Waals surface area contributed by atoms with E-state index in [9.17, 15) is 4.79 Å². The van der Waals surface area contributed by atoms with E-state index in [0.717, 1.165) is 16.9 Å². The highest BCUT2D eigenvalue weighted by molar-refractivity contribution is 5.77. The van der Waals surface area contributed by atoms with Crippen molar-refractivity contribution in [1.29, 1.82) is 0 Å². The monoisotopic (exact) mass is 350 g/mol. The second-order valence-corrected chi connectivity index (χ2v) is 5.82. The molecule has 3 aromatic rings. The van der Waals surface area contributed by atoms with Crippen molar-refractivity contribution in [2.24, 2.45) is 0 Å². The van der Waals surface area contributed by atoms with E-state index in [0.29, 0.717) is 19.6 Å². The smallest absolute Gasteiger partial charge is 0.222 e. The second kappa shape index (κ2) is 8.80. The Hall–Kier alpha value is -3.15. The molecule has 0 spiro atoms. The summed E-state index contributed by atoms with van der Waals surface area (Å²) in [7, 11) is 0. The number of carbonyl (C=O) groups is 1. The van der Waals surface area contributed by atoms with Crippen molar-refractivity contribution in [2.75, 3.05) is 6.61 Å². The van der Waals surface area contributed by atoms with Gasteiger partial charge in [-0.25, -0.2) is 4.98 Å². The highest BCUT2D eigenvalue weighted by Crippen LogP contribution is 2.24. The van der Waals surface area contributed by atoms with E-state index < -0.39 is 0 Å². The van der Waals surface area contributed by atoms with Gasteiger partial charge in [-0.3, -0.25) is 9.48 Å². The standard InChI is InChI=1S/C20H22N4O2/c1-2-26-18-10-8-17(9-11-18)20(16-6-4-3-5-7-16)23-19(25)12-13-24-15-21-14-22-24/h3-11,14-15,20H,2,12-13H2,1H3,(H,23,25). The van der Waals surface area contributed by atoms with E-state index in [1.807, 2.05) is 61.5 Å². The van der Waals surface area contributed by atoms with Gasteiger partial charge >= 0.3 is 0 Å². The summed E-state index contributed by atoms with van der Waals surface area (Å²) >= 11 is 0. The zero-order chi connectivity index (χ0) is 18.2. The maximum Gasteiger partial charge on any atom is 0.222 e. The fourth-order valence-corrected chi connectivity index (χ4v) is 2.73. The Balaban J connectivity index is 1.74. The van der Waals surface area contributed by atoms with E-state index in [1.165, 1.54) is 6.33 Å². The molecule has 6 nitrogen and oxygen atoms in total. The maximum atomic E-state index is 12.5. The molecule has 26 heavy (non-hydrogen) atoms. The molecule has 0 aliphatic carbocycles. The highest BCUT2D eigenvalue weighted by Gasteiger charge is 2.17. The lowest BCUT2D eigenvalue weighted by molar-refractivity contribution is -0.121. The number of aromatic nitrogens is 3. The van der Waals surface area contributed by atoms with Gasteiger partial charge in [0.2, 0.25) is 5.91 Å². The van der Waals surface area contributed by atoms with E-state index in [1.54, 1.807) is 11.0 Å². The fraction of sp³-hybridized carbons (Fsp3) is 0.250. The number of nitrogens with zero attached hydrogens (tertiary/aromatic N) is 3. The number of amides is 1. The van der Waals surface area contributed by atoms with Crippen LogP contribution in [0.5, 0.6) is 5.75 Å². The first-order valence-electron chi connectivity index (χ1n) is 8.65. The molecule has 1 aromatic heterocycles. The molecule has 1 N–H and O–H groups in total. The average Bonchev–Trinajstić information content (AvgIpc) is 3.20. The van der Waals surface area contributed by atoms with Gasteiger partial charge in [0.1, 0.15) is 18.4 Å². The van der Waals surface area contributed by atoms with Gasteiger partial charge in [0.05, 0.1) is 19.2 Å². The maximum absolute atomic E-state index is 12.5. The molecule has 0 fully saturated rings. The van der Waals surface area contributed by atoms with Crippen LogP contribution in [0.25, 0.3) is 0 Å². The lowest BCUT2D eigenvalue weighted by Crippen LogP contribution is -2.30. The Morgan fingerprint density at radius 1 is 1.12 bits per heavy atom. The summed E-state index contributed by atoms with van der Waals surface area (Å²) in [5.41, 5.74) is 2.04. The molecular weight excluding hydrogens is 328 g/mol. The summed E-state index contributed by atoms with van der Waals surface area (Å²) < 4.78 is 7.15. The van der Waals surface area contributed by atoms with Crippen LogP contribution < -0.4 is 10.1 Å². The summed E-state index contributed by atoms with van der Waals surface area (Å²) in [6.07, 6.45) is 3.41. The van der Waals surface area contributed by atoms with Gasteiger partial charge in [-0.05, 0) is 30.2 Å². The van der Waals surface area contributed by atoms with E-state index in [2.05, 4.69) is 15.4 Å². The number of carbonyl (C=O) groups excluding carboxylic acids is 1. The minimum atomic E-state index is -0.213. The fourth-order valence-electron chi connectivity index (χ4n) is 2.73. The number of aryl methyl sites for hydroxylation is 1. The van der Waals surface area contributed by atoms with Crippen molar-refractivity contribution in [3.05, 3.63) is 78.4 Å². The SMILES string of the molecule is CCOc1ccc(C(NC(=O)CCn2cncn2)c2ccccc2)cc1. The van der Waals surface area contributed by atoms with Crippen LogP contribution in [0.1, 0.15) is 30.5 Å². The Morgan fingerprint density at radius 3 is 2.50 bits per heavy atom. The third-order valence-electron chi connectivity index (χ3n) is 4.00. The van der Waals surface area contributed by atoms with Crippen LogP contribution in [0, 0.1) is 0 Å². The van der Waals surface area contributed by atoms with E-state index in [-0.39, 0.29) is 11.9 Å². The second-order valence-electron chi connectivity index (χ2n) is 5.82. The summed E-state index contributed by atoms with van der Waals surface area (Å²) in [4.78, 5) is 16.4. The molecule has 1 amide bonds. The van der Waals surface area contributed by atoms with Gasteiger partial charge in [-0.1, -0.05) is 42.5 Å². The first-order valence-corrected chi connectivity index (χ1v) is 8.65. The van der Waals surface area contributed by atoms with Gasteiger partial charge in [0.15, 0.2) is 0 Å². The number of ether oxygens (including phenoxy) is 1. The Bertz CT molecular complexity index is 802. The van der Waals surface area contributed by atoms with E-state index >= 15 is 0 Å². The predicted octanol–water partition coefficient (Wildman–Crippen LogP) is 2.97. The number of benzene rings is 2. The topological polar surface area (TPSA) is 69.0 Å². The Morgan fingerprint density at radius 2 is 1.85 bits per heavy atom. The lowest BCUT2D eigenvalue weighted by Gasteiger charge is -2.20. The van der Waals surface area contributed by atoms with Crippen molar-refractivity contribution in [3.8, 4) is 5.75 Å². The summed E-state index contributed by atoms with van der Waals surface area (Å²) in [6.45, 7) is 3.08. The van der Waals surface area contributed by atoms with Gasteiger partial charge in [-0.15, -0.1) is 0 Å². The molecule has 0 bridgehead atoms. The number of rotatable bonds is 8. The van der Waals surface area contributed by atoms with Crippen LogP contribution in [0.4, 0.5) is 0 Å². The zero-order valence-corrected chi connectivity index (χ0v) is 14.7. The Labute approximate surface area is 152 Å². The summed E-state index contributed by atoms with van der Waals surface area (Å²) in [6, 6.07) is 17.5. The van der Waals surface area contributed by atoms with Crippen LogP contribution in [0.15, 0.2) is 67.3 Å². The quantitative estimate of drug-likeness (QED) is 0.678. The highest BCUT2D eigenvalue weighted by atomic mass is 16.5. The van der Waals surface area contributed by atoms with Gasteiger partial charge in [0.25, 0.3) is 0 Å². The molecule has 0 saturated carbocycles. The predicted molar refractivity (Wildman–Crippen MR) is 98.7 cm³/mol. The summed E-state index contributed by atoms with van der Waals surface area (Å²) in [5.74, 6) is 0.781. The van der Waals surface area contributed by atoms with Crippen molar-refractivity contribution in [3.63, 3.8) is 0 Å². The minimum absolute atomic E-state index is 0.0387. The molecule has 0 radical (unpaired) electrons. The van der Waals surface area contributed by atoms with Crippen LogP contribution in [-0.4, -0.2) is 27.3 Å². The van der Waals surface area contributed by atoms with Gasteiger partial charge < -0.3 is 10.1 Å². The Kier molecular flexibility index (Phi) is 5.98. The molecule has 2 aromatic carbocycles. The van der Waals surface area contributed by atoms with Gasteiger partial charge in [0, 0.05) is 6.42 Å². The summed E-state index contributed by atoms with van der Waals surface area (Å²) in [5, 5.41) is 7.14. The molecule has 1 unspecified atom stereocenters. The molecule has 0 aliphatic heterocycles. The third kappa shape index (κ3) is 4.69. The van der Waals surface area contributed by atoms with Crippen LogP contribution in [0.2, 0.25) is 0 Å². The molecule has 3 rings (SSSR count). The number of hydrogen-bond donors (Lipinski definition) is 1. The molecule has 0 aliphatic rings. The van der Waals surface area contributed by atoms with Crippen LogP contribution >= 0.6 is 0 Å². The lowest BCUT2D eigenvalue weighted by atomic mass is 9.98. The molecule has 0 saturated heterocycles. The first-order chi connectivity index (χ1) is 12.8. The van der Waals surface area contributed by atoms with Crippen LogP contribution in [0.3, 0.4) is 0 Å². The van der Waals surface area contributed by atoms with Crippen LogP contribution in [-0.2, 0) is 11.3 Å². The first kappa shape index (κ1) is 17.7. The average molecular weight is 350 g/mol. The van der Waals surface area contributed by atoms with Crippen molar-refractivity contribution >= 4 is 5.91 Å². The molecule has 1 heterocycles. The molecule has 1 atom stereocenters. The largest absolute Gasteiger partial charge is 0.494 e. The zero-order valence-electron chi connectivity index (χ0n) is 14.7. The third-order valence-corrected chi connectivity index (χ3v) is 4.00. The van der Waals surface area contributed by atoms with E-state index in [4.69, 9.17) is 4.74 Å². The number of nitrogens with one attached hydrogen (secondary N) is 1. The van der Waals surface area contributed by atoms with Gasteiger partial charge in [-0.2, -0.15) is 5.10 Å². The molecule has 6 heteroatoms. The van der Waals surface area contributed by atoms with Crippen molar-refractivity contribution in [1.82, 2.24) is 20.1 Å².